The highest BCUT2D eigenvalue weighted by molar-refractivity contribution is 6.06. The normalized spacial score (nSPS) is 14.2. The van der Waals surface area contributed by atoms with Crippen molar-refractivity contribution in [3.05, 3.63) is 467 Å². The van der Waals surface area contributed by atoms with E-state index in [0.717, 1.165) is 167 Å². The Bertz CT molecular complexity index is 7330. The predicted molar refractivity (Wildman–Crippen MR) is 488 cm³/mol. The smallest absolute Gasteiger partial charge is 0.160 e. The molecule has 0 saturated carbocycles. The average Bonchev–Trinajstić information content (AvgIpc) is 0.678. The van der Waals surface area contributed by atoms with Crippen LogP contribution in [0.1, 0.15) is 94.5 Å². The molecule has 0 amide bonds. The van der Waals surface area contributed by atoms with Crippen LogP contribution < -0.4 is 9.47 Å². The predicted octanol–water partition coefficient (Wildman–Crippen LogP) is 28.5. The summed E-state index contributed by atoms with van der Waals surface area (Å²) in [7, 11) is 0. The molecule has 0 fully saturated rings. The van der Waals surface area contributed by atoms with Crippen LogP contribution in [0.25, 0.3) is 134 Å². The molecule has 120 heavy (non-hydrogen) atoms. The standard InChI is InChI=1S/C114H78N4O2/c1-111(2)89-43-15-19-47-93(89)113(94-48-20-16-44-90(94)111)97-51-23-25-53-104(97)119-106-65-61-78(68-99(106)113)80-37-11-14-40-86(80)102-70-103(118-110(117-102)74-32-9-6-10-33-74)87-42-28-35-76-66-75(60-62-82(76)87)71-56-58-72(59-57-71)81-63-64-88(85-39-13-12-38-84(81)85)101-69-100(115-109(116-101)73-30-7-5-8-31-73)79-36-27-34-77(67-79)83-41-29-55-107-108(83)114(98-52-24-26-54-105(98)120-107)95-49-21-17-45-91(95)112(3,4)92-46-18-22-50-96(92)114/h5-70H,1-4H3. The zero-order valence-electron chi connectivity index (χ0n) is 66.7. The van der Waals surface area contributed by atoms with Gasteiger partial charge in [-0.2, -0.15) is 0 Å². The topological polar surface area (TPSA) is 70.0 Å². The molecule has 19 aromatic rings. The minimum atomic E-state index is -0.695. The average molecular weight is 1540 g/mol. The van der Waals surface area contributed by atoms with Gasteiger partial charge >= 0.3 is 0 Å². The van der Waals surface area contributed by atoms with Crippen molar-refractivity contribution in [1.29, 1.82) is 0 Å². The van der Waals surface area contributed by atoms with Crippen LogP contribution in [0, 0.1) is 0 Å². The highest BCUT2D eigenvalue weighted by Gasteiger charge is 2.55. The molecule has 2 aliphatic carbocycles. The van der Waals surface area contributed by atoms with Crippen molar-refractivity contribution in [2.45, 2.75) is 49.4 Å². The van der Waals surface area contributed by atoms with Crippen molar-refractivity contribution in [1.82, 2.24) is 19.9 Å². The summed E-state index contributed by atoms with van der Waals surface area (Å²) in [6, 6.07) is 145. The first-order valence-electron chi connectivity index (χ1n) is 41.5. The van der Waals surface area contributed by atoms with Gasteiger partial charge in [-0.25, -0.2) is 19.9 Å². The molecule has 6 nitrogen and oxygen atoms in total. The maximum Gasteiger partial charge on any atom is 0.160 e. The lowest BCUT2D eigenvalue weighted by molar-refractivity contribution is 0.425. The molecular weight excluding hydrogens is 1460 g/mol. The summed E-state index contributed by atoms with van der Waals surface area (Å²) in [5, 5.41) is 4.44. The molecule has 566 valence electrons. The van der Waals surface area contributed by atoms with Crippen molar-refractivity contribution in [3.8, 4) is 135 Å². The third kappa shape index (κ3) is 10.7. The number of rotatable bonds is 10. The number of aromatic nitrogens is 4. The second kappa shape index (κ2) is 27.3. The van der Waals surface area contributed by atoms with E-state index < -0.39 is 10.8 Å². The van der Waals surface area contributed by atoms with Crippen molar-refractivity contribution < 1.29 is 9.47 Å². The lowest BCUT2D eigenvalue weighted by Crippen LogP contribution is -2.43. The van der Waals surface area contributed by atoms with Gasteiger partial charge in [-0.05, 0) is 165 Å². The Hall–Kier alpha value is -15.0. The molecule has 2 aromatic heterocycles. The van der Waals surface area contributed by atoms with Crippen molar-refractivity contribution >= 4 is 21.5 Å². The van der Waals surface area contributed by atoms with E-state index in [2.05, 4.69) is 416 Å². The molecule has 0 radical (unpaired) electrons. The Morgan fingerprint density at radius 3 is 1.19 bits per heavy atom. The second-order valence-electron chi connectivity index (χ2n) is 33.3. The third-order valence-electron chi connectivity index (χ3n) is 26.2. The lowest BCUT2D eigenvalue weighted by atomic mass is 9.53. The van der Waals surface area contributed by atoms with Crippen LogP contribution in [0.2, 0.25) is 0 Å². The van der Waals surface area contributed by atoms with Crippen molar-refractivity contribution in [3.63, 3.8) is 0 Å². The fraction of sp³-hybridized carbons (Fsp3) is 0.0702. The number of para-hydroxylation sites is 2. The molecule has 6 heteroatoms. The monoisotopic (exact) mass is 1530 g/mol. The van der Waals surface area contributed by atoms with Gasteiger partial charge in [-0.1, -0.05) is 373 Å². The third-order valence-corrected chi connectivity index (χ3v) is 26.2. The number of hydrogen-bond acceptors (Lipinski definition) is 6. The van der Waals surface area contributed by atoms with Gasteiger partial charge < -0.3 is 9.47 Å². The Morgan fingerprint density at radius 2 is 0.575 bits per heavy atom. The quantitative estimate of drug-likeness (QED) is 0.136. The van der Waals surface area contributed by atoms with Crippen molar-refractivity contribution in [2.24, 2.45) is 0 Å². The molecule has 23 rings (SSSR count). The minimum absolute atomic E-state index is 0.243. The van der Waals surface area contributed by atoms with Crippen molar-refractivity contribution in [2.75, 3.05) is 0 Å². The van der Waals surface area contributed by atoms with Crippen LogP contribution >= 0.6 is 0 Å². The van der Waals surface area contributed by atoms with E-state index in [4.69, 9.17) is 29.4 Å². The minimum Gasteiger partial charge on any atom is -0.457 e. The van der Waals surface area contributed by atoms with E-state index in [-0.39, 0.29) is 10.8 Å². The molecule has 0 N–H and O–H groups in total. The van der Waals surface area contributed by atoms with E-state index in [0.29, 0.717) is 11.6 Å². The van der Waals surface area contributed by atoms with Gasteiger partial charge in [0.2, 0.25) is 0 Å². The number of nitrogens with zero attached hydrogens (tertiary/aromatic N) is 4. The number of fused-ring (bicyclic) bond motifs is 18. The summed E-state index contributed by atoms with van der Waals surface area (Å²) in [5.41, 5.74) is 31.0. The first-order valence-corrected chi connectivity index (χ1v) is 41.5. The van der Waals surface area contributed by atoms with Gasteiger partial charge in [-0.15, -0.1) is 0 Å². The molecular formula is C114H78N4O2. The molecule has 2 aliphatic heterocycles. The summed E-state index contributed by atoms with van der Waals surface area (Å²) in [4.78, 5) is 21.9. The molecule has 0 bridgehead atoms. The molecule has 4 aliphatic rings. The second-order valence-corrected chi connectivity index (χ2v) is 33.3. The summed E-state index contributed by atoms with van der Waals surface area (Å²) in [6.07, 6.45) is 0. The number of benzene rings is 17. The Balaban J connectivity index is 0.586. The van der Waals surface area contributed by atoms with Crippen LogP contribution in [0.15, 0.2) is 400 Å². The van der Waals surface area contributed by atoms with Crippen LogP contribution in [-0.4, -0.2) is 19.9 Å². The maximum atomic E-state index is 7.06. The molecule has 0 saturated heterocycles. The molecule has 4 heterocycles. The highest BCUT2D eigenvalue weighted by Crippen LogP contribution is 2.65. The fourth-order valence-electron chi connectivity index (χ4n) is 20.7. The van der Waals surface area contributed by atoms with Gasteiger partial charge in [0.05, 0.1) is 33.6 Å². The van der Waals surface area contributed by atoms with E-state index in [1.807, 2.05) is 12.1 Å². The zero-order chi connectivity index (χ0) is 80.0. The molecule has 0 atom stereocenters. The van der Waals surface area contributed by atoms with Gasteiger partial charge in [0.1, 0.15) is 23.0 Å². The van der Waals surface area contributed by atoms with Crippen LogP contribution in [-0.2, 0) is 21.7 Å². The highest BCUT2D eigenvalue weighted by atomic mass is 16.5. The van der Waals surface area contributed by atoms with Gasteiger partial charge in [0.15, 0.2) is 11.6 Å². The summed E-state index contributed by atoms with van der Waals surface area (Å²) >= 11 is 0. The van der Waals surface area contributed by atoms with Gasteiger partial charge in [0.25, 0.3) is 0 Å². The molecule has 2 spiro atoms. The fourth-order valence-corrected chi connectivity index (χ4v) is 20.7. The maximum absolute atomic E-state index is 7.06. The largest absolute Gasteiger partial charge is 0.457 e. The van der Waals surface area contributed by atoms with E-state index in [1.165, 1.54) is 44.5 Å². The van der Waals surface area contributed by atoms with Gasteiger partial charge in [-0.3, -0.25) is 0 Å². The molecule has 0 unspecified atom stereocenters. The molecule has 17 aromatic carbocycles. The first kappa shape index (κ1) is 70.4. The summed E-state index contributed by atoms with van der Waals surface area (Å²) in [6.45, 7) is 9.46. The van der Waals surface area contributed by atoms with E-state index in [9.17, 15) is 0 Å². The number of ether oxygens (including phenoxy) is 2. The number of hydrogen-bond donors (Lipinski definition) is 0. The summed E-state index contributed by atoms with van der Waals surface area (Å²) < 4.78 is 14.0. The Morgan fingerprint density at radius 1 is 0.192 bits per heavy atom. The van der Waals surface area contributed by atoms with Gasteiger partial charge in [0, 0.05) is 66.5 Å². The SMILES string of the molecule is CC1(C)c2ccccc2C2(c3ccccc3Oc3ccc(-c4ccccc4-c4cc(-c5cccc6cc(-c7ccc(-c8ccc(-c9cc(-c%10cccc(-c%11cccc%12c%11C%11(c%13ccccc%13O%12)c%12ccccc%12C(C)(C)c%12ccccc%12%11)c%10)nc(-c%10ccccc%10)n9)c9ccccc89)cc7)ccc56)nc(-c5ccccc5)n4)cc32)c2ccccc21. The van der Waals surface area contributed by atoms with Crippen LogP contribution in [0.3, 0.4) is 0 Å². The van der Waals surface area contributed by atoms with Crippen LogP contribution in [0.4, 0.5) is 0 Å². The summed E-state index contributed by atoms with van der Waals surface area (Å²) in [5.74, 6) is 4.73. The van der Waals surface area contributed by atoms with Crippen LogP contribution in [0.5, 0.6) is 23.0 Å². The van der Waals surface area contributed by atoms with E-state index in [1.54, 1.807) is 0 Å². The lowest BCUT2D eigenvalue weighted by Gasteiger charge is -2.50. The Labute approximate surface area is 698 Å². The zero-order valence-corrected chi connectivity index (χ0v) is 66.7. The van der Waals surface area contributed by atoms with E-state index >= 15 is 0 Å². The first-order chi connectivity index (χ1) is 59.0. The Kier molecular flexibility index (Phi) is 16.0.